The van der Waals surface area contributed by atoms with E-state index in [-0.39, 0.29) is 11.7 Å². The standard InChI is InChI=1S/C15H29NO3/c1-12(2)10-18-15(6)8-7-9-16(11-15)13(17)19-14(3,4)5/h12H,7-11H2,1-6H3. The quantitative estimate of drug-likeness (QED) is 0.789. The molecule has 1 aliphatic heterocycles. The first kappa shape index (κ1) is 16.3. The molecular weight excluding hydrogens is 242 g/mol. The Bertz CT molecular complexity index is 309. The molecule has 1 rings (SSSR count). The summed E-state index contributed by atoms with van der Waals surface area (Å²) in [4.78, 5) is 13.9. The molecule has 0 saturated carbocycles. The summed E-state index contributed by atoms with van der Waals surface area (Å²) in [5.41, 5.74) is -0.677. The van der Waals surface area contributed by atoms with E-state index in [1.54, 1.807) is 4.90 Å². The van der Waals surface area contributed by atoms with Crippen LogP contribution in [0.15, 0.2) is 0 Å². The highest BCUT2D eigenvalue weighted by atomic mass is 16.6. The van der Waals surface area contributed by atoms with Crippen LogP contribution in [0.1, 0.15) is 54.4 Å². The van der Waals surface area contributed by atoms with E-state index in [9.17, 15) is 4.79 Å². The summed E-state index contributed by atoms with van der Waals surface area (Å²) < 4.78 is 11.4. The van der Waals surface area contributed by atoms with E-state index < -0.39 is 5.60 Å². The third kappa shape index (κ3) is 5.81. The Hall–Kier alpha value is -0.770. The molecule has 4 nitrogen and oxygen atoms in total. The first-order chi connectivity index (χ1) is 8.61. The Morgan fingerprint density at radius 3 is 2.53 bits per heavy atom. The van der Waals surface area contributed by atoms with E-state index >= 15 is 0 Å². The van der Waals surface area contributed by atoms with Gasteiger partial charge in [0.2, 0.25) is 0 Å². The molecule has 0 radical (unpaired) electrons. The van der Waals surface area contributed by atoms with Crippen molar-refractivity contribution < 1.29 is 14.3 Å². The minimum absolute atomic E-state index is 0.230. The Morgan fingerprint density at radius 1 is 1.37 bits per heavy atom. The molecule has 19 heavy (non-hydrogen) atoms. The highest BCUT2D eigenvalue weighted by Gasteiger charge is 2.35. The van der Waals surface area contributed by atoms with Gasteiger partial charge in [-0.15, -0.1) is 0 Å². The largest absolute Gasteiger partial charge is 0.444 e. The second kappa shape index (κ2) is 6.12. The van der Waals surface area contributed by atoms with Crippen LogP contribution in [-0.2, 0) is 9.47 Å². The lowest BCUT2D eigenvalue weighted by Gasteiger charge is -2.41. The van der Waals surface area contributed by atoms with Gasteiger partial charge in [0.05, 0.1) is 12.1 Å². The van der Waals surface area contributed by atoms with Gasteiger partial charge >= 0.3 is 6.09 Å². The first-order valence-electron chi connectivity index (χ1n) is 7.23. The van der Waals surface area contributed by atoms with Crippen LogP contribution in [0.3, 0.4) is 0 Å². The lowest BCUT2D eigenvalue weighted by atomic mass is 9.95. The van der Waals surface area contributed by atoms with E-state index in [0.717, 1.165) is 26.0 Å². The zero-order chi connectivity index (χ0) is 14.7. The van der Waals surface area contributed by atoms with Crippen LogP contribution in [0.25, 0.3) is 0 Å². The molecular formula is C15H29NO3. The van der Waals surface area contributed by atoms with Crippen molar-refractivity contribution in [1.29, 1.82) is 0 Å². The molecule has 112 valence electrons. The van der Waals surface area contributed by atoms with Gasteiger partial charge in [-0.05, 0) is 46.5 Å². The molecule has 1 amide bonds. The van der Waals surface area contributed by atoms with Crippen LogP contribution in [0, 0.1) is 5.92 Å². The van der Waals surface area contributed by atoms with Crippen molar-refractivity contribution in [1.82, 2.24) is 4.90 Å². The first-order valence-corrected chi connectivity index (χ1v) is 7.23. The minimum atomic E-state index is -0.441. The normalized spacial score (nSPS) is 24.7. The summed E-state index contributed by atoms with van der Waals surface area (Å²) >= 11 is 0. The third-order valence-electron chi connectivity index (χ3n) is 3.08. The van der Waals surface area contributed by atoms with Crippen LogP contribution >= 0.6 is 0 Å². The molecule has 1 fully saturated rings. The van der Waals surface area contributed by atoms with Gasteiger partial charge in [-0.25, -0.2) is 4.79 Å². The third-order valence-corrected chi connectivity index (χ3v) is 3.08. The number of carbonyl (C=O) groups excluding carboxylic acids is 1. The number of likely N-dealkylation sites (tertiary alicyclic amines) is 1. The molecule has 0 aromatic rings. The van der Waals surface area contributed by atoms with E-state index in [1.807, 2.05) is 20.8 Å². The summed E-state index contributed by atoms with van der Waals surface area (Å²) in [6, 6.07) is 0. The van der Waals surface area contributed by atoms with Crippen molar-refractivity contribution in [2.75, 3.05) is 19.7 Å². The second-order valence-corrected chi connectivity index (χ2v) is 7.16. The maximum atomic E-state index is 12.1. The molecule has 1 heterocycles. The maximum absolute atomic E-state index is 12.1. The lowest BCUT2D eigenvalue weighted by molar-refractivity contribution is -0.0873. The molecule has 1 unspecified atom stereocenters. The Balaban J connectivity index is 2.56. The van der Waals surface area contributed by atoms with Crippen LogP contribution < -0.4 is 0 Å². The van der Waals surface area contributed by atoms with E-state index in [1.165, 1.54) is 0 Å². The number of hydrogen-bond donors (Lipinski definition) is 0. The minimum Gasteiger partial charge on any atom is -0.444 e. The molecule has 4 heteroatoms. The Morgan fingerprint density at radius 2 is 2.00 bits per heavy atom. The van der Waals surface area contributed by atoms with Gasteiger partial charge in [-0.2, -0.15) is 0 Å². The van der Waals surface area contributed by atoms with Crippen LogP contribution in [0.5, 0.6) is 0 Å². The number of piperidine rings is 1. The summed E-state index contributed by atoms with van der Waals surface area (Å²) in [5, 5.41) is 0. The summed E-state index contributed by atoms with van der Waals surface area (Å²) in [7, 11) is 0. The molecule has 0 aromatic carbocycles. The van der Waals surface area contributed by atoms with Crippen molar-refractivity contribution in [2.45, 2.75) is 65.6 Å². The number of amides is 1. The fourth-order valence-corrected chi connectivity index (χ4v) is 2.17. The van der Waals surface area contributed by atoms with Crippen molar-refractivity contribution in [2.24, 2.45) is 5.92 Å². The topological polar surface area (TPSA) is 38.8 Å². The van der Waals surface area contributed by atoms with Crippen molar-refractivity contribution in [3.05, 3.63) is 0 Å². The zero-order valence-electron chi connectivity index (χ0n) is 13.3. The van der Waals surface area contributed by atoms with E-state index in [2.05, 4.69) is 20.8 Å². The lowest BCUT2D eigenvalue weighted by Crippen LogP contribution is -2.51. The van der Waals surface area contributed by atoms with Gasteiger partial charge in [0, 0.05) is 13.2 Å². The average molecular weight is 271 g/mol. The monoisotopic (exact) mass is 271 g/mol. The van der Waals surface area contributed by atoms with Gasteiger partial charge in [0.25, 0.3) is 0 Å². The van der Waals surface area contributed by atoms with Crippen LogP contribution in [0.4, 0.5) is 4.79 Å². The summed E-state index contributed by atoms with van der Waals surface area (Å²) in [5.74, 6) is 0.508. The van der Waals surface area contributed by atoms with Gasteiger partial charge in [0.15, 0.2) is 0 Å². The van der Waals surface area contributed by atoms with Crippen LogP contribution in [-0.4, -0.2) is 41.9 Å². The molecule has 0 spiro atoms. The number of nitrogens with zero attached hydrogens (tertiary/aromatic N) is 1. The molecule has 0 N–H and O–H groups in total. The number of ether oxygens (including phenoxy) is 2. The SMILES string of the molecule is CC(C)COC1(C)CCCN(C(=O)OC(C)(C)C)C1. The molecule has 1 aliphatic rings. The number of rotatable bonds is 3. The van der Waals surface area contributed by atoms with E-state index in [4.69, 9.17) is 9.47 Å². The smallest absolute Gasteiger partial charge is 0.410 e. The molecule has 0 aliphatic carbocycles. The average Bonchev–Trinajstić information content (AvgIpc) is 2.24. The second-order valence-electron chi connectivity index (χ2n) is 7.16. The maximum Gasteiger partial charge on any atom is 0.410 e. The fourth-order valence-electron chi connectivity index (χ4n) is 2.17. The molecule has 1 saturated heterocycles. The number of hydrogen-bond acceptors (Lipinski definition) is 3. The summed E-state index contributed by atoms with van der Waals surface area (Å²) in [6.07, 6.45) is 1.74. The molecule has 1 atom stereocenters. The van der Waals surface area contributed by atoms with Gasteiger partial charge in [0.1, 0.15) is 5.60 Å². The Labute approximate surface area is 117 Å². The predicted molar refractivity (Wildman–Crippen MR) is 76.2 cm³/mol. The summed E-state index contributed by atoms with van der Waals surface area (Å²) in [6.45, 7) is 14.2. The predicted octanol–water partition coefficient (Wildman–Crippen LogP) is 3.45. The van der Waals surface area contributed by atoms with Gasteiger partial charge < -0.3 is 14.4 Å². The van der Waals surface area contributed by atoms with E-state index in [0.29, 0.717) is 12.5 Å². The van der Waals surface area contributed by atoms with Crippen molar-refractivity contribution in [3.8, 4) is 0 Å². The fraction of sp³-hybridized carbons (Fsp3) is 0.933. The van der Waals surface area contributed by atoms with Crippen LogP contribution in [0.2, 0.25) is 0 Å². The number of carbonyl (C=O) groups is 1. The van der Waals surface area contributed by atoms with Gasteiger partial charge in [-0.3, -0.25) is 0 Å². The Kier molecular flexibility index (Phi) is 5.25. The van der Waals surface area contributed by atoms with Crippen molar-refractivity contribution in [3.63, 3.8) is 0 Å². The molecule has 0 bridgehead atoms. The zero-order valence-corrected chi connectivity index (χ0v) is 13.3. The highest BCUT2D eigenvalue weighted by Crippen LogP contribution is 2.26. The molecule has 0 aromatic heterocycles. The van der Waals surface area contributed by atoms with Gasteiger partial charge in [-0.1, -0.05) is 13.8 Å². The highest BCUT2D eigenvalue weighted by molar-refractivity contribution is 5.68. The van der Waals surface area contributed by atoms with Crippen molar-refractivity contribution >= 4 is 6.09 Å².